The van der Waals surface area contributed by atoms with Crippen LogP contribution in [0.3, 0.4) is 0 Å². The number of amides is 1. The highest BCUT2D eigenvalue weighted by atomic mass is 16.1. The summed E-state index contributed by atoms with van der Waals surface area (Å²) in [7, 11) is 0. The van der Waals surface area contributed by atoms with Crippen LogP contribution in [-0.2, 0) is 11.3 Å². The SMILES string of the molecule is Cc1cccc(CNC(=O)[C@@H]2CNC[C@H]2C)n1. The van der Waals surface area contributed by atoms with E-state index >= 15 is 0 Å². The molecule has 0 saturated carbocycles. The number of hydrogen-bond acceptors (Lipinski definition) is 3. The third-order valence-corrected chi connectivity index (χ3v) is 3.24. The number of aromatic nitrogens is 1. The Bertz CT molecular complexity index is 405. The lowest BCUT2D eigenvalue weighted by Crippen LogP contribution is -2.34. The van der Waals surface area contributed by atoms with Crippen molar-refractivity contribution >= 4 is 5.91 Å². The number of pyridine rings is 1. The highest BCUT2D eigenvalue weighted by Crippen LogP contribution is 2.15. The van der Waals surface area contributed by atoms with Crippen molar-refractivity contribution in [3.05, 3.63) is 29.6 Å². The molecule has 0 unspecified atom stereocenters. The van der Waals surface area contributed by atoms with Crippen LogP contribution >= 0.6 is 0 Å². The molecule has 0 radical (unpaired) electrons. The number of carbonyl (C=O) groups is 1. The lowest BCUT2D eigenvalue weighted by Gasteiger charge is -2.13. The second-order valence-corrected chi connectivity index (χ2v) is 4.73. The van der Waals surface area contributed by atoms with Crippen molar-refractivity contribution in [2.75, 3.05) is 13.1 Å². The van der Waals surface area contributed by atoms with Gasteiger partial charge in [-0.05, 0) is 31.5 Å². The molecule has 2 atom stereocenters. The summed E-state index contributed by atoms with van der Waals surface area (Å²) in [6.07, 6.45) is 0. The molecule has 4 nitrogen and oxygen atoms in total. The predicted octanol–water partition coefficient (Wildman–Crippen LogP) is 0.862. The number of carbonyl (C=O) groups excluding carboxylic acids is 1. The van der Waals surface area contributed by atoms with E-state index in [0.717, 1.165) is 24.5 Å². The molecule has 1 amide bonds. The molecule has 1 aliphatic heterocycles. The van der Waals surface area contributed by atoms with Crippen LogP contribution in [0.2, 0.25) is 0 Å². The van der Waals surface area contributed by atoms with Crippen molar-refractivity contribution in [1.29, 1.82) is 0 Å². The summed E-state index contributed by atoms with van der Waals surface area (Å²) in [5, 5.41) is 6.19. The van der Waals surface area contributed by atoms with E-state index in [9.17, 15) is 4.79 Å². The maximum atomic E-state index is 11.9. The minimum Gasteiger partial charge on any atom is -0.350 e. The monoisotopic (exact) mass is 233 g/mol. The molecule has 92 valence electrons. The van der Waals surface area contributed by atoms with E-state index in [0.29, 0.717) is 12.5 Å². The minimum absolute atomic E-state index is 0.0970. The van der Waals surface area contributed by atoms with E-state index in [-0.39, 0.29) is 11.8 Å². The van der Waals surface area contributed by atoms with Gasteiger partial charge in [0.25, 0.3) is 0 Å². The Hall–Kier alpha value is -1.42. The zero-order chi connectivity index (χ0) is 12.3. The maximum Gasteiger partial charge on any atom is 0.225 e. The summed E-state index contributed by atoms with van der Waals surface area (Å²) < 4.78 is 0. The lowest BCUT2D eigenvalue weighted by atomic mass is 9.97. The van der Waals surface area contributed by atoms with Gasteiger partial charge in [-0.1, -0.05) is 13.0 Å². The Kier molecular flexibility index (Phi) is 3.74. The Labute approximate surface area is 102 Å². The first-order valence-electron chi connectivity index (χ1n) is 6.08. The third-order valence-electron chi connectivity index (χ3n) is 3.24. The van der Waals surface area contributed by atoms with Crippen LogP contribution in [0.5, 0.6) is 0 Å². The van der Waals surface area contributed by atoms with E-state index in [1.807, 2.05) is 25.1 Å². The van der Waals surface area contributed by atoms with Crippen LogP contribution in [-0.4, -0.2) is 24.0 Å². The minimum atomic E-state index is 0.0970. The van der Waals surface area contributed by atoms with Crippen LogP contribution in [0, 0.1) is 18.8 Å². The number of aryl methyl sites for hydroxylation is 1. The summed E-state index contributed by atoms with van der Waals surface area (Å²) in [5.41, 5.74) is 1.89. The van der Waals surface area contributed by atoms with Gasteiger partial charge < -0.3 is 10.6 Å². The van der Waals surface area contributed by atoms with Crippen molar-refractivity contribution in [3.8, 4) is 0 Å². The zero-order valence-electron chi connectivity index (χ0n) is 10.4. The average Bonchev–Trinajstić information content (AvgIpc) is 2.72. The van der Waals surface area contributed by atoms with Gasteiger partial charge >= 0.3 is 0 Å². The number of rotatable bonds is 3. The molecule has 1 saturated heterocycles. The predicted molar refractivity (Wildman–Crippen MR) is 66.3 cm³/mol. The summed E-state index contributed by atoms with van der Waals surface area (Å²) in [5.74, 6) is 0.645. The fourth-order valence-corrected chi connectivity index (χ4v) is 2.17. The lowest BCUT2D eigenvalue weighted by molar-refractivity contribution is -0.125. The summed E-state index contributed by atoms with van der Waals surface area (Å²) >= 11 is 0. The zero-order valence-corrected chi connectivity index (χ0v) is 10.4. The van der Waals surface area contributed by atoms with Crippen LogP contribution < -0.4 is 10.6 Å². The summed E-state index contributed by atoms with van der Waals surface area (Å²) in [6.45, 7) is 6.29. The molecule has 0 aromatic carbocycles. The third kappa shape index (κ3) is 3.03. The highest BCUT2D eigenvalue weighted by molar-refractivity contribution is 5.79. The molecule has 0 spiro atoms. The van der Waals surface area contributed by atoms with Gasteiger partial charge in [-0.25, -0.2) is 0 Å². The first-order chi connectivity index (χ1) is 8.16. The quantitative estimate of drug-likeness (QED) is 0.814. The second kappa shape index (κ2) is 5.27. The van der Waals surface area contributed by atoms with Gasteiger partial charge in [0.05, 0.1) is 18.2 Å². The average molecular weight is 233 g/mol. The summed E-state index contributed by atoms with van der Waals surface area (Å²) in [4.78, 5) is 16.3. The van der Waals surface area contributed by atoms with E-state index in [4.69, 9.17) is 0 Å². The van der Waals surface area contributed by atoms with Gasteiger partial charge in [-0.2, -0.15) is 0 Å². The molecule has 1 aliphatic rings. The van der Waals surface area contributed by atoms with Gasteiger partial charge in [0, 0.05) is 12.2 Å². The Morgan fingerprint density at radius 3 is 3.00 bits per heavy atom. The maximum absolute atomic E-state index is 11.9. The molecule has 0 aliphatic carbocycles. The molecule has 17 heavy (non-hydrogen) atoms. The Morgan fingerprint density at radius 1 is 1.53 bits per heavy atom. The van der Waals surface area contributed by atoms with E-state index in [2.05, 4.69) is 22.5 Å². The molecule has 2 heterocycles. The topological polar surface area (TPSA) is 54.0 Å². The van der Waals surface area contributed by atoms with Gasteiger partial charge in [-0.15, -0.1) is 0 Å². The fourth-order valence-electron chi connectivity index (χ4n) is 2.17. The Morgan fingerprint density at radius 2 is 2.35 bits per heavy atom. The van der Waals surface area contributed by atoms with Crippen molar-refractivity contribution in [2.45, 2.75) is 20.4 Å². The van der Waals surface area contributed by atoms with Crippen LogP contribution in [0.15, 0.2) is 18.2 Å². The summed E-state index contributed by atoms with van der Waals surface area (Å²) in [6, 6.07) is 5.85. The molecular weight excluding hydrogens is 214 g/mol. The largest absolute Gasteiger partial charge is 0.350 e. The highest BCUT2D eigenvalue weighted by Gasteiger charge is 2.29. The first-order valence-corrected chi connectivity index (χ1v) is 6.08. The smallest absolute Gasteiger partial charge is 0.225 e. The fraction of sp³-hybridized carbons (Fsp3) is 0.538. The normalized spacial score (nSPS) is 23.6. The first kappa shape index (κ1) is 12.0. The molecule has 2 rings (SSSR count). The van der Waals surface area contributed by atoms with Gasteiger partial charge in [0.2, 0.25) is 5.91 Å². The van der Waals surface area contributed by atoms with Crippen molar-refractivity contribution < 1.29 is 4.79 Å². The van der Waals surface area contributed by atoms with E-state index < -0.39 is 0 Å². The van der Waals surface area contributed by atoms with E-state index in [1.54, 1.807) is 0 Å². The van der Waals surface area contributed by atoms with Crippen molar-refractivity contribution in [2.24, 2.45) is 11.8 Å². The number of nitrogens with one attached hydrogen (secondary N) is 2. The molecule has 0 bridgehead atoms. The molecular formula is C13H19N3O. The molecule has 1 aromatic rings. The number of nitrogens with zero attached hydrogens (tertiary/aromatic N) is 1. The Balaban J connectivity index is 1.88. The molecule has 1 aromatic heterocycles. The molecule has 2 N–H and O–H groups in total. The van der Waals surface area contributed by atoms with Crippen LogP contribution in [0.25, 0.3) is 0 Å². The van der Waals surface area contributed by atoms with Crippen LogP contribution in [0.1, 0.15) is 18.3 Å². The van der Waals surface area contributed by atoms with Crippen molar-refractivity contribution in [1.82, 2.24) is 15.6 Å². The van der Waals surface area contributed by atoms with Crippen molar-refractivity contribution in [3.63, 3.8) is 0 Å². The molecule has 4 heteroatoms. The van der Waals surface area contributed by atoms with Crippen LogP contribution in [0.4, 0.5) is 0 Å². The molecule has 1 fully saturated rings. The van der Waals surface area contributed by atoms with Gasteiger partial charge in [-0.3, -0.25) is 9.78 Å². The van der Waals surface area contributed by atoms with Gasteiger partial charge in [0.15, 0.2) is 0 Å². The second-order valence-electron chi connectivity index (χ2n) is 4.73. The number of hydrogen-bond donors (Lipinski definition) is 2. The standard InChI is InChI=1S/C13H19N3O/c1-9-6-14-8-12(9)13(17)15-7-11-5-3-4-10(2)16-11/h3-5,9,12,14H,6-8H2,1-2H3,(H,15,17)/t9-,12-/m1/s1. The van der Waals surface area contributed by atoms with E-state index in [1.165, 1.54) is 0 Å². The van der Waals surface area contributed by atoms with Gasteiger partial charge in [0.1, 0.15) is 0 Å².